The molecule has 0 bridgehead atoms. The highest BCUT2D eigenvalue weighted by Crippen LogP contribution is 2.30. The second kappa shape index (κ2) is 6.13. The highest BCUT2D eigenvalue weighted by molar-refractivity contribution is 9.10. The molecular formula is C12H18BrNO. The summed E-state index contributed by atoms with van der Waals surface area (Å²) in [7, 11) is 1.95. The maximum absolute atomic E-state index is 5.74. The first-order chi connectivity index (χ1) is 7.15. The molecule has 0 aromatic heterocycles. The molecule has 0 unspecified atom stereocenters. The molecule has 1 rings (SSSR count). The molecule has 0 saturated carbocycles. The maximum Gasteiger partial charge on any atom is 0.136 e. The van der Waals surface area contributed by atoms with Crippen LogP contribution in [-0.4, -0.2) is 20.2 Å². The molecule has 1 N–H and O–H groups in total. The van der Waals surface area contributed by atoms with Crippen LogP contribution in [0.15, 0.2) is 16.6 Å². The van der Waals surface area contributed by atoms with Crippen LogP contribution < -0.4 is 10.1 Å². The van der Waals surface area contributed by atoms with Crippen molar-refractivity contribution in [2.24, 2.45) is 0 Å². The molecule has 1 aromatic rings. The lowest BCUT2D eigenvalue weighted by Gasteiger charge is -2.11. The van der Waals surface area contributed by atoms with Gasteiger partial charge >= 0.3 is 0 Å². The highest BCUT2D eigenvalue weighted by Gasteiger charge is 2.05. The molecule has 0 aliphatic rings. The van der Waals surface area contributed by atoms with Gasteiger partial charge in [0.15, 0.2) is 0 Å². The summed E-state index contributed by atoms with van der Waals surface area (Å²) in [6, 6.07) is 4.22. The van der Waals surface area contributed by atoms with E-state index in [0.29, 0.717) is 0 Å². The second-order valence-corrected chi connectivity index (χ2v) is 4.55. The third kappa shape index (κ3) is 3.84. The molecule has 15 heavy (non-hydrogen) atoms. The third-order valence-corrected chi connectivity index (χ3v) is 2.78. The number of hydrogen-bond donors (Lipinski definition) is 1. The minimum absolute atomic E-state index is 0.753. The SMILES string of the molecule is CNCCCOc1c(C)cc(C)cc1Br. The normalized spacial score (nSPS) is 10.4. The summed E-state index contributed by atoms with van der Waals surface area (Å²) < 4.78 is 6.78. The van der Waals surface area contributed by atoms with E-state index in [9.17, 15) is 0 Å². The van der Waals surface area contributed by atoms with Crippen LogP contribution in [0.1, 0.15) is 17.5 Å². The van der Waals surface area contributed by atoms with E-state index in [1.807, 2.05) is 7.05 Å². The summed E-state index contributed by atoms with van der Waals surface area (Å²) in [5.41, 5.74) is 2.44. The zero-order valence-corrected chi connectivity index (χ0v) is 11.1. The minimum atomic E-state index is 0.753. The molecule has 3 heteroatoms. The fourth-order valence-electron chi connectivity index (χ4n) is 1.51. The van der Waals surface area contributed by atoms with Gasteiger partial charge in [0.2, 0.25) is 0 Å². The van der Waals surface area contributed by atoms with Crippen molar-refractivity contribution < 1.29 is 4.74 Å². The number of benzene rings is 1. The number of aryl methyl sites for hydroxylation is 2. The lowest BCUT2D eigenvalue weighted by atomic mass is 10.1. The molecule has 0 amide bonds. The number of ether oxygens (including phenoxy) is 1. The van der Waals surface area contributed by atoms with Crippen LogP contribution in [0.4, 0.5) is 0 Å². The van der Waals surface area contributed by atoms with Gasteiger partial charge in [-0.15, -0.1) is 0 Å². The average Bonchev–Trinajstić information content (AvgIpc) is 2.15. The molecule has 0 aliphatic heterocycles. The Labute approximate surface area is 100 Å². The smallest absolute Gasteiger partial charge is 0.136 e. The largest absolute Gasteiger partial charge is 0.492 e. The average molecular weight is 272 g/mol. The fourth-order valence-corrected chi connectivity index (χ4v) is 2.30. The first-order valence-electron chi connectivity index (χ1n) is 5.19. The molecule has 0 atom stereocenters. The van der Waals surface area contributed by atoms with Crippen molar-refractivity contribution >= 4 is 15.9 Å². The van der Waals surface area contributed by atoms with Crippen molar-refractivity contribution in [3.05, 3.63) is 27.7 Å². The Morgan fingerprint density at radius 3 is 2.67 bits per heavy atom. The van der Waals surface area contributed by atoms with E-state index >= 15 is 0 Å². The fraction of sp³-hybridized carbons (Fsp3) is 0.500. The standard InChI is InChI=1S/C12H18BrNO/c1-9-7-10(2)12(11(13)8-9)15-6-4-5-14-3/h7-8,14H,4-6H2,1-3H3. The van der Waals surface area contributed by atoms with Gasteiger partial charge in [-0.05, 0) is 67.0 Å². The van der Waals surface area contributed by atoms with Crippen LogP contribution >= 0.6 is 15.9 Å². The summed E-state index contributed by atoms with van der Waals surface area (Å²) in [6.45, 7) is 5.90. The van der Waals surface area contributed by atoms with Crippen LogP contribution in [0.3, 0.4) is 0 Å². The van der Waals surface area contributed by atoms with E-state index in [2.05, 4.69) is 47.2 Å². The van der Waals surface area contributed by atoms with Gasteiger partial charge in [0.1, 0.15) is 5.75 Å². The Balaban J connectivity index is 2.60. The second-order valence-electron chi connectivity index (χ2n) is 3.70. The van der Waals surface area contributed by atoms with Gasteiger partial charge in [0, 0.05) is 0 Å². The Morgan fingerprint density at radius 1 is 1.33 bits per heavy atom. The van der Waals surface area contributed by atoms with Crippen LogP contribution in [0.5, 0.6) is 5.75 Å². The van der Waals surface area contributed by atoms with Crippen molar-refractivity contribution in [3.63, 3.8) is 0 Å². The predicted octanol–water partition coefficient (Wildman–Crippen LogP) is 3.05. The van der Waals surface area contributed by atoms with Gasteiger partial charge in [0.05, 0.1) is 11.1 Å². The number of halogens is 1. The maximum atomic E-state index is 5.74. The van der Waals surface area contributed by atoms with Gasteiger partial charge in [-0.1, -0.05) is 6.07 Å². The summed E-state index contributed by atoms with van der Waals surface area (Å²) in [5, 5.41) is 3.10. The summed E-state index contributed by atoms with van der Waals surface area (Å²) in [5.74, 6) is 0.969. The summed E-state index contributed by atoms with van der Waals surface area (Å²) in [6.07, 6.45) is 1.02. The Kier molecular flexibility index (Phi) is 5.12. The van der Waals surface area contributed by atoms with E-state index in [1.165, 1.54) is 11.1 Å². The summed E-state index contributed by atoms with van der Waals surface area (Å²) in [4.78, 5) is 0. The lowest BCUT2D eigenvalue weighted by molar-refractivity contribution is 0.306. The third-order valence-electron chi connectivity index (χ3n) is 2.19. The first-order valence-corrected chi connectivity index (χ1v) is 5.98. The van der Waals surface area contributed by atoms with Crippen LogP contribution in [0.2, 0.25) is 0 Å². The van der Waals surface area contributed by atoms with Crippen molar-refractivity contribution in [2.45, 2.75) is 20.3 Å². The van der Waals surface area contributed by atoms with Crippen molar-refractivity contribution in [1.29, 1.82) is 0 Å². The number of nitrogens with one attached hydrogen (secondary N) is 1. The van der Waals surface area contributed by atoms with E-state index in [-0.39, 0.29) is 0 Å². The Bertz CT molecular complexity index is 302. The van der Waals surface area contributed by atoms with Crippen LogP contribution in [0.25, 0.3) is 0 Å². The number of hydrogen-bond acceptors (Lipinski definition) is 2. The lowest BCUT2D eigenvalue weighted by Crippen LogP contribution is -2.12. The van der Waals surface area contributed by atoms with E-state index in [1.54, 1.807) is 0 Å². The van der Waals surface area contributed by atoms with Gasteiger partial charge in [-0.3, -0.25) is 0 Å². The summed E-state index contributed by atoms with van der Waals surface area (Å²) >= 11 is 3.53. The van der Waals surface area contributed by atoms with Gasteiger partial charge in [-0.25, -0.2) is 0 Å². The van der Waals surface area contributed by atoms with Gasteiger partial charge in [-0.2, -0.15) is 0 Å². The quantitative estimate of drug-likeness (QED) is 0.832. The molecule has 0 radical (unpaired) electrons. The molecule has 0 aliphatic carbocycles. The topological polar surface area (TPSA) is 21.3 Å². The van der Waals surface area contributed by atoms with E-state index < -0.39 is 0 Å². The Morgan fingerprint density at radius 2 is 2.07 bits per heavy atom. The van der Waals surface area contributed by atoms with Crippen molar-refractivity contribution in [1.82, 2.24) is 5.32 Å². The van der Waals surface area contributed by atoms with E-state index in [0.717, 1.165) is 29.8 Å². The molecule has 84 valence electrons. The van der Waals surface area contributed by atoms with Crippen LogP contribution in [-0.2, 0) is 0 Å². The molecular weight excluding hydrogens is 254 g/mol. The number of rotatable bonds is 5. The molecule has 0 fully saturated rings. The molecule has 0 saturated heterocycles. The monoisotopic (exact) mass is 271 g/mol. The molecule has 0 heterocycles. The first kappa shape index (κ1) is 12.5. The van der Waals surface area contributed by atoms with Crippen molar-refractivity contribution in [3.8, 4) is 5.75 Å². The molecule has 1 aromatic carbocycles. The van der Waals surface area contributed by atoms with Crippen LogP contribution in [0, 0.1) is 13.8 Å². The zero-order valence-electron chi connectivity index (χ0n) is 9.56. The van der Waals surface area contributed by atoms with Gasteiger partial charge in [0.25, 0.3) is 0 Å². The highest BCUT2D eigenvalue weighted by atomic mass is 79.9. The minimum Gasteiger partial charge on any atom is -0.492 e. The molecule has 2 nitrogen and oxygen atoms in total. The molecule has 0 spiro atoms. The van der Waals surface area contributed by atoms with Gasteiger partial charge < -0.3 is 10.1 Å². The van der Waals surface area contributed by atoms with Crippen molar-refractivity contribution in [2.75, 3.05) is 20.2 Å². The predicted molar refractivity (Wildman–Crippen MR) is 67.7 cm³/mol. The van der Waals surface area contributed by atoms with E-state index in [4.69, 9.17) is 4.74 Å². The zero-order chi connectivity index (χ0) is 11.3. The Hall–Kier alpha value is -0.540.